The third kappa shape index (κ3) is 3.64. The highest BCUT2D eigenvalue weighted by atomic mass is 16.5. The monoisotopic (exact) mass is 211 g/mol. The van der Waals surface area contributed by atoms with Crippen molar-refractivity contribution < 1.29 is 4.74 Å². The first-order valence-electron chi connectivity index (χ1n) is 5.51. The fraction of sp³-hybridized carbons (Fsp3) is 0.727. The van der Waals surface area contributed by atoms with E-state index in [0.29, 0.717) is 6.04 Å². The van der Waals surface area contributed by atoms with Gasteiger partial charge in [-0.1, -0.05) is 6.92 Å². The SMILES string of the molecule is CCc1nccn1C(C)CNCCOC. The first kappa shape index (κ1) is 12.2. The van der Waals surface area contributed by atoms with Crippen molar-refractivity contribution in [2.45, 2.75) is 26.3 Å². The molecule has 1 aromatic rings. The molecule has 0 radical (unpaired) electrons. The molecule has 15 heavy (non-hydrogen) atoms. The van der Waals surface area contributed by atoms with Crippen LogP contribution in [-0.2, 0) is 11.2 Å². The summed E-state index contributed by atoms with van der Waals surface area (Å²) in [5, 5.41) is 3.35. The molecule has 0 bridgehead atoms. The molecule has 0 aliphatic heterocycles. The van der Waals surface area contributed by atoms with Gasteiger partial charge in [0.15, 0.2) is 0 Å². The van der Waals surface area contributed by atoms with Crippen LogP contribution in [0.2, 0.25) is 0 Å². The summed E-state index contributed by atoms with van der Waals surface area (Å²) in [4.78, 5) is 4.31. The molecule has 1 rings (SSSR count). The first-order valence-corrected chi connectivity index (χ1v) is 5.51. The second-order valence-electron chi connectivity index (χ2n) is 3.65. The summed E-state index contributed by atoms with van der Waals surface area (Å²) in [6, 6.07) is 0.444. The lowest BCUT2D eigenvalue weighted by Crippen LogP contribution is -2.27. The van der Waals surface area contributed by atoms with E-state index in [4.69, 9.17) is 4.74 Å². The Labute approximate surface area is 91.7 Å². The number of nitrogens with one attached hydrogen (secondary N) is 1. The Morgan fingerprint density at radius 3 is 3.07 bits per heavy atom. The maximum atomic E-state index is 4.98. The zero-order valence-corrected chi connectivity index (χ0v) is 9.86. The van der Waals surface area contributed by atoms with Crippen molar-refractivity contribution in [3.63, 3.8) is 0 Å². The predicted molar refractivity (Wildman–Crippen MR) is 61.1 cm³/mol. The molecule has 0 amide bonds. The van der Waals surface area contributed by atoms with Gasteiger partial charge in [-0.05, 0) is 6.92 Å². The quantitative estimate of drug-likeness (QED) is 0.690. The van der Waals surface area contributed by atoms with Crippen molar-refractivity contribution in [2.24, 2.45) is 0 Å². The van der Waals surface area contributed by atoms with Crippen LogP contribution in [0, 0.1) is 0 Å². The largest absolute Gasteiger partial charge is 0.383 e. The molecule has 0 saturated carbocycles. The van der Waals surface area contributed by atoms with Gasteiger partial charge in [-0.25, -0.2) is 4.98 Å². The van der Waals surface area contributed by atoms with Crippen LogP contribution < -0.4 is 5.32 Å². The summed E-state index contributed by atoms with van der Waals surface area (Å²) in [6.07, 6.45) is 4.89. The first-order chi connectivity index (χ1) is 7.29. The molecule has 1 heterocycles. The van der Waals surface area contributed by atoms with Gasteiger partial charge in [0, 0.05) is 45.1 Å². The van der Waals surface area contributed by atoms with Gasteiger partial charge >= 0.3 is 0 Å². The molecule has 4 heteroatoms. The number of rotatable bonds is 7. The van der Waals surface area contributed by atoms with Crippen molar-refractivity contribution in [2.75, 3.05) is 26.8 Å². The molecule has 0 aliphatic carbocycles. The fourth-order valence-corrected chi connectivity index (χ4v) is 1.60. The summed E-state index contributed by atoms with van der Waals surface area (Å²) >= 11 is 0. The second-order valence-corrected chi connectivity index (χ2v) is 3.65. The molecule has 1 aromatic heterocycles. The van der Waals surface area contributed by atoms with Crippen LogP contribution in [0.15, 0.2) is 12.4 Å². The topological polar surface area (TPSA) is 39.1 Å². The smallest absolute Gasteiger partial charge is 0.108 e. The van der Waals surface area contributed by atoms with Gasteiger partial charge in [0.2, 0.25) is 0 Å². The van der Waals surface area contributed by atoms with E-state index in [1.165, 1.54) is 0 Å². The highest BCUT2D eigenvalue weighted by molar-refractivity contribution is 4.94. The third-order valence-corrected chi connectivity index (χ3v) is 2.46. The maximum Gasteiger partial charge on any atom is 0.108 e. The Morgan fingerprint density at radius 1 is 1.60 bits per heavy atom. The summed E-state index contributed by atoms with van der Waals surface area (Å²) in [5.41, 5.74) is 0. The van der Waals surface area contributed by atoms with E-state index in [1.54, 1.807) is 7.11 Å². The molecule has 0 aliphatic rings. The predicted octanol–water partition coefficient (Wildman–Crippen LogP) is 1.24. The summed E-state index contributed by atoms with van der Waals surface area (Å²) in [5.74, 6) is 1.15. The number of aryl methyl sites for hydroxylation is 1. The van der Waals surface area contributed by atoms with Crippen LogP contribution >= 0.6 is 0 Å². The van der Waals surface area contributed by atoms with Gasteiger partial charge in [-0.3, -0.25) is 0 Å². The number of hydrogen-bond acceptors (Lipinski definition) is 3. The van der Waals surface area contributed by atoms with E-state index in [-0.39, 0.29) is 0 Å². The molecule has 1 atom stereocenters. The van der Waals surface area contributed by atoms with Gasteiger partial charge in [0.25, 0.3) is 0 Å². The Bertz CT molecular complexity index is 273. The minimum atomic E-state index is 0.444. The molecule has 4 nitrogen and oxygen atoms in total. The maximum absolute atomic E-state index is 4.98. The number of nitrogens with zero attached hydrogens (tertiary/aromatic N) is 2. The van der Waals surface area contributed by atoms with Crippen LogP contribution in [0.3, 0.4) is 0 Å². The lowest BCUT2D eigenvalue weighted by Gasteiger charge is -2.16. The number of methoxy groups -OCH3 is 1. The van der Waals surface area contributed by atoms with Crippen molar-refractivity contribution in [1.82, 2.24) is 14.9 Å². The molecule has 86 valence electrons. The molecule has 1 unspecified atom stereocenters. The zero-order valence-electron chi connectivity index (χ0n) is 9.86. The third-order valence-electron chi connectivity index (χ3n) is 2.46. The summed E-state index contributed by atoms with van der Waals surface area (Å²) in [7, 11) is 1.72. The van der Waals surface area contributed by atoms with Gasteiger partial charge in [-0.2, -0.15) is 0 Å². The zero-order chi connectivity index (χ0) is 11.1. The van der Waals surface area contributed by atoms with Gasteiger partial charge in [-0.15, -0.1) is 0 Å². The van der Waals surface area contributed by atoms with Crippen molar-refractivity contribution in [3.05, 3.63) is 18.2 Å². The van der Waals surface area contributed by atoms with E-state index in [0.717, 1.165) is 31.9 Å². The van der Waals surface area contributed by atoms with Crippen LogP contribution in [0.4, 0.5) is 0 Å². The molecular formula is C11H21N3O. The lowest BCUT2D eigenvalue weighted by molar-refractivity contribution is 0.198. The van der Waals surface area contributed by atoms with Crippen LogP contribution in [0.5, 0.6) is 0 Å². The number of imidazole rings is 1. The van der Waals surface area contributed by atoms with Crippen LogP contribution in [-0.4, -0.2) is 36.4 Å². The van der Waals surface area contributed by atoms with Crippen LogP contribution in [0.1, 0.15) is 25.7 Å². The van der Waals surface area contributed by atoms with Crippen molar-refractivity contribution in [3.8, 4) is 0 Å². The van der Waals surface area contributed by atoms with E-state index >= 15 is 0 Å². The number of hydrogen-bond donors (Lipinski definition) is 1. The highest BCUT2D eigenvalue weighted by Gasteiger charge is 2.07. The number of ether oxygens (including phenoxy) is 1. The molecule has 0 fully saturated rings. The van der Waals surface area contributed by atoms with E-state index < -0.39 is 0 Å². The van der Waals surface area contributed by atoms with E-state index in [9.17, 15) is 0 Å². The second kappa shape index (κ2) is 6.58. The molecule has 0 spiro atoms. The van der Waals surface area contributed by atoms with Gasteiger partial charge in [0.05, 0.1) is 6.61 Å². The van der Waals surface area contributed by atoms with Gasteiger partial charge in [0.1, 0.15) is 5.82 Å². The Kier molecular flexibility index (Phi) is 5.36. The minimum Gasteiger partial charge on any atom is -0.383 e. The van der Waals surface area contributed by atoms with Gasteiger partial charge < -0.3 is 14.6 Å². The molecular weight excluding hydrogens is 190 g/mol. The molecule has 1 N–H and O–H groups in total. The molecule has 0 saturated heterocycles. The fourth-order valence-electron chi connectivity index (χ4n) is 1.60. The minimum absolute atomic E-state index is 0.444. The highest BCUT2D eigenvalue weighted by Crippen LogP contribution is 2.08. The van der Waals surface area contributed by atoms with Crippen LogP contribution in [0.25, 0.3) is 0 Å². The Hall–Kier alpha value is -0.870. The Morgan fingerprint density at radius 2 is 2.40 bits per heavy atom. The number of aromatic nitrogens is 2. The Balaban J connectivity index is 2.36. The molecule has 0 aromatic carbocycles. The standard InChI is InChI=1S/C11H21N3O/c1-4-11-13-5-7-14(11)10(2)9-12-6-8-15-3/h5,7,10,12H,4,6,8-9H2,1-3H3. The van der Waals surface area contributed by atoms with E-state index in [2.05, 4.69) is 28.7 Å². The lowest BCUT2D eigenvalue weighted by atomic mass is 10.3. The summed E-state index contributed by atoms with van der Waals surface area (Å²) in [6.45, 7) is 6.94. The normalized spacial score (nSPS) is 13.0. The summed E-state index contributed by atoms with van der Waals surface area (Å²) < 4.78 is 7.20. The van der Waals surface area contributed by atoms with Crippen molar-refractivity contribution in [1.29, 1.82) is 0 Å². The average molecular weight is 211 g/mol. The van der Waals surface area contributed by atoms with E-state index in [1.807, 2.05) is 12.4 Å². The van der Waals surface area contributed by atoms with Crippen molar-refractivity contribution >= 4 is 0 Å². The average Bonchev–Trinajstić information content (AvgIpc) is 2.72.